The van der Waals surface area contributed by atoms with E-state index in [1.165, 1.54) is 0 Å². The van der Waals surface area contributed by atoms with Crippen molar-refractivity contribution in [2.45, 2.75) is 0 Å². The van der Waals surface area contributed by atoms with Gasteiger partial charge in [-0.1, -0.05) is 18.2 Å². The molecule has 0 aliphatic carbocycles. The number of nitrogen functional groups attached to an aromatic ring is 1. The van der Waals surface area contributed by atoms with Gasteiger partial charge in [0.15, 0.2) is 5.69 Å². The fourth-order valence-electron chi connectivity index (χ4n) is 2.02. The Morgan fingerprint density at radius 2 is 1.95 bits per heavy atom. The molecule has 2 N–H and O–H groups in total. The first-order valence-corrected chi connectivity index (χ1v) is 5.80. The first kappa shape index (κ1) is 11.2. The summed E-state index contributed by atoms with van der Waals surface area (Å²) < 4.78 is 0. The number of nitrogens with two attached hydrogens (primary N) is 1. The van der Waals surface area contributed by atoms with Gasteiger partial charge in [0.05, 0.1) is 16.9 Å². The van der Waals surface area contributed by atoms with Gasteiger partial charge in [-0.3, -0.25) is 4.98 Å². The summed E-state index contributed by atoms with van der Waals surface area (Å²) >= 11 is 0. The number of aromatic nitrogens is 2. The Balaban J connectivity index is 2.35. The number of fused-ring (bicyclic) bond motifs is 1. The van der Waals surface area contributed by atoms with Gasteiger partial charge in [0.2, 0.25) is 0 Å². The van der Waals surface area contributed by atoms with Crippen molar-refractivity contribution in [3.05, 3.63) is 54.4 Å². The number of anilines is 1. The molecule has 0 saturated heterocycles. The molecule has 0 fully saturated rings. The molecule has 0 amide bonds. The van der Waals surface area contributed by atoms with Gasteiger partial charge < -0.3 is 5.73 Å². The van der Waals surface area contributed by atoms with Crippen molar-refractivity contribution >= 4 is 16.6 Å². The van der Waals surface area contributed by atoms with E-state index >= 15 is 0 Å². The minimum Gasteiger partial charge on any atom is -0.397 e. The lowest BCUT2D eigenvalue weighted by molar-refractivity contribution is 1.28. The van der Waals surface area contributed by atoms with E-state index < -0.39 is 0 Å². The Labute approximate surface area is 110 Å². The normalized spacial score (nSPS) is 10.3. The molecule has 0 bridgehead atoms. The van der Waals surface area contributed by atoms with Gasteiger partial charge in [0, 0.05) is 17.1 Å². The van der Waals surface area contributed by atoms with Crippen LogP contribution in [0.4, 0.5) is 5.69 Å². The zero-order valence-corrected chi connectivity index (χ0v) is 10.0. The van der Waals surface area contributed by atoms with Crippen molar-refractivity contribution in [2.75, 3.05) is 5.73 Å². The second kappa shape index (κ2) is 4.39. The van der Waals surface area contributed by atoms with Crippen LogP contribution in [-0.2, 0) is 0 Å². The molecule has 90 valence electrons. The Kier molecular flexibility index (Phi) is 2.58. The smallest absolute Gasteiger partial charge is 0.150 e. The summed E-state index contributed by atoms with van der Waals surface area (Å²) in [4.78, 5) is 8.60. The molecule has 1 aromatic carbocycles. The van der Waals surface area contributed by atoms with Gasteiger partial charge in [0.25, 0.3) is 0 Å². The Morgan fingerprint density at radius 1 is 1.11 bits per heavy atom. The van der Waals surface area contributed by atoms with Crippen molar-refractivity contribution in [1.29, 1.82) is 5.26 Å². The number of hydrogen-bond acceptors (Lipinski definition) is 4. The van der Waals surface area contributed by atoms with Crippen LogP contribution in [-0.4, -0.2) is 9.97 Å². The van der Waals surface area contributed by atoms with E-state index in [0.717, 1.165) is 10.9 Å². The van der Waals surface area contributed by atoms with E-state index in [0.29, 0.717) is 22.6 Å². The maximum Gasteiger partial charge on any atom is 0.150 e. The number of benzene rings is 1. The van der Waals surface area contributed by atoms with E-state index in [4.69, 9.17) is 5.73 Å². The highest BCUT2D eigenvalue weighted by molar-refractivity contribution is 5.87. The molecule has 2 heterocycles. The highest BCUT2D eigenvalue weighted by Crippen LogP contribution is 2.28. The monoisotopic (exact) mass is 246 g/mol. The zero-order chi connectivity index (χ0) is 13.2. The molecule has 0 spiro atoms. The van der Waals surface area contributed by atoms with Crippen LogP contribution in [0.25, 0.3) is 22.2 Å². The highest BCUT2D eigenvalue weighted by Gasteiger charge is 2.12. The molecule has 0 unspecified atom stereocenters. The molecule has 19 heavy (non-hydrogen) atoms. The summed E-state index contributed by atoms with van der Waals surface area (Å²) in [5, 5.41) is 10.2. The van der Waals surface area contributed by atoms with Crippen LogP contribution in [0.2, 0.25) is 0 Å². The summed E-state index contributed by atoms with van der Waals surface area (Å²) in [6.07, 6.45) is 1.65. The second-order valence-electron chi connectivity index (χ2n) is 4.13. The SMILES string of the molecule is N#Cc1nc2ccccc2cc1-c1ncccc1N. The standard InChI is InChI=1S/C15H10N4/c16-9-14-11(15-12(17)5-3-7-18-15)8-10-4-1-2-6-13(10)19-14/h1-8H,17H2. The van der Waals surface area contributed by atoms with Crippen LogP contribution in [0.3, 0.4) is 0 Å². The molecule has 0 atom stereocenters. The average molecular weight is 246 g/mol. The number of pyridine rings is 2. The molecule has 2 aromatic heterocycles. The van der Waals surface area contributed by atoms with Crippen LogP contribution in [0.15, 0.2) is 48.7 Å². The third-order valence-corrected chi connectivity index (χ3v) is 2.92. The maximum absolute atomic E-state index is 9.25. The van der Waals surface area contributed by atoms with Crippen LogP contribution >= 0.6 is 0 Å². The Hall–Kier alpha value is -2.93. The molecule has 3 rings (SSSR count). The molecule has 0 radical (unpaired) electrons. The highest BCUT2D eigenvalue weighted by atomic mass is 14.8. The van der Waals surface area contributed by atoms with Gasteiger partial charge in [-0.15, -0.1) is 0 Å². The summed E-state index contributed by atoms with van der Waals surface area (Å²) in [5.74, 6) is 0. The lowest BCUT2D eigenvalue weighted by atomic mass is 10.1. The summed E-state index contributed by atoms with van der Waals surface area (Å²) in [6, 6.07) is 15.2. The first-order valence-electron chi connectivity index (χ1n) is 5.80. The molecular weight excluding hydrogens is 236 g/mol. The van der Waals surface area contributed by atoms with E-state index in [1.54, 1.807) is 18.3 Å². The Bertz CT molecular complexity index is 803. The van der Waals surface area contributed by atoms with Crippen molar-refractivity contribution in [2.24, 2.45) is 0 Å². The van der Waals surface area contributed by atoms with Crippen molar-refractivity contribution in [3.8, 4) is 17.3 Å². The molecule has 4 heteroatoms. The van der Waals surface area contributed by atoms with Gasteiger partial charge in [-0.05, 0) is 24.3 Å². The molecular formula is C15H10N4. The maximum atomic E-state index is 9.25. The number of nitriles is 1. The van der Waals surface area contributed by atoms with Crippen LogP contribution in [0.5, 0.6) is 0 Å². The molecule has 0 aliphatic rings. The Morgan fingerprint density at radius 3 is 2.74 bits per heavy atom. The van der Waals surface area contributed by atoms with Crippen molar-refractivity contribution < 1.29 is 0 Å². The lowest BCUT2D eigenvalue weighted by Gasteiger charge is -2.07. The van der Waals surface area contributed by atoms with E-state index in [1.807, 2.05) is 30.3 Å². The van der Waals surface area contributed by atoms with Crippen molar-refractivity contribution in [1.82, 2.24) is 9.97 Å². The molecule has 3 aromatic rings. The molecule has 4 nitrogen and oxygen atoms in total. The van der Waals surface area contributed by atoms with Crippen LogP contribution in [0, 0.1) is 11.3 Å². The second-order valence-corrected chi connectivity index (χ2v) is 4.13. The number of para-hydroxylation sites is 1. The van der Waals surface area contributed by atoms with Gasteiger partial charge in [0.1, 0.15) is 6.07 Å². The summed E-state index contributed by atoms with van der Waals surface area (Å²) in [5.41, 5.74) is 8.85. The number of hydrogen-bond donors (Lipinski definition) is 1. The van der Waals surface area contributed by atoms with Crippen LogP contribution < -0.4 is 5.73 Å². The fraction of sp³-hybridized carbons (Fsp3) is 0. The summed E-state index contributed by atoms with van der Waals surface area (Å²) in [6.45, 7) is 0. The predicted octanol–water partition coefficient (Wildman–Crippen LogP) is 2.75. The predicted molar refractivity (Wildman–Crippen MR) is 74.1 cm³/mol. The quantitative estimate of drug-likeness (QED) is 0.716. The largest absolute Gasteiger partial charge is 0.397 e. The number of nitrogens with zero attached hydrogens (tertiary/aromatic N) is 3. The van der Waals surface area contributed by atoms with Gasteiger partial charge in [-0.2, -0.15) is 5.26 Å². The third-order valence-electron chi connectivity index (χ3n) is 2.92. The molecule has 0 saturated carbocycles. The number of rotatable bonds is 1. The van der Waals surface area contributed by atoms with Gasteiger partial charge in [-0.25, -0.2) is 4.98 Å². The fourth-order valence-corrected chi connectivity index (χ4v) is 2.02. The third kappa shape index (κ3) is 1.87. The van der Waals surface area contributed by atoms with Crippen molar-refractivity contribution in [3.63, 3.8) is 0 Å². The summed E-state index contributed by atoms with van der Waals surface area (Å²) in [7, 11) is 0. The molecule has 0 aliphatic heterocycles. The zero-order valence-electron chi connectivity index (χ0n) is 10.0. The minimum absolute atomic E-state index is 0.337. The van der Waals surface area contributed by atoms with E-state index in [-0.39, 0.29) is 0 Å². The first-order chi connectivity index (χ1) is 9.29. The lowest BCUT2D eigenvalue weighted by Crippen LogP contribution is -1.97. The van der Waals surface area contributed by atoms with E-state index in [9.17, 15) is 5.26 Å². The van der Waals surface area contributed by atoms with Gasteiger partial charge >= 0.3 is 0 Å². The average Bonchev–Trinajstić information content (AvgIpc) is 2.46. The van der Waals surface area contributed by atoms with Crippen LogP contribution in [0.1, 0.15) is 5.69 Å². The topological polar surface area (TPSA) is 75.6 Å². The van der Waals surface area contributed by atoms with E-state index in [2.05, 4.69) is 16.0 Å². The minimum atomic E-state index is 0.337.